The molecular weight excluding hydrogens is 282 g/mol. The molecule has 1 aromatic heterocycles. The zero-order chi connectivity index (χ0) is 15.7. The van der Waals surface area contributed by atoms with Crippen LogP contribution in [0.2, 0.25) is 0 Å². The molecule has 3 rings (SSSR count). The lowest BCUT2D eigenvalue weighted by Gasteiger charge is -2.42. The molecule has 0 radical (unpaired) electrons. The van der Waals surface area contributed by atoms with Gasteiger partial charge in [0.15, 0.2) is 0 Å². The zero-order valence-corrected chi connectivity index (χ0v) is 13.7. The van der Waals surface area contributed by atoms with Crippen LogP contribution in [0.5, 0.6) is 0 Å². The first-order chi connectivity index (χ1) is 10.6. The maximum atomic E-state index is 12.7. The lowest BCUT2D eigenvalue weighted by Crippen LogP contribution is -2.48. The molecule has 2 aliphatic rings. The minimum absolute atomic E-state index is 0.000777. The third-order valence-electron chi connectivity index (χ3n) is 5.16. The average molecular weight is 307 g/mol. The molecule has 0 aromatic carbocycles. The van der Waals surface area contributed by atoms with E-state index in [9.17, 15) is 4.79 Å². The highest BCUT2D eigenvalue weighted by molar-refractivity contribution is 5.78. The fourth-order valence-corrected chi connectivity index (χ4v) is 3.56. The van der Waals surface area contributed by atoms with Crippen molar-refractivity contribution in [2.75, 3.05) is 20.8 Å². The fourth-order valence-electron chi connectivity index (χ4n) is 3.56. The number of fused-ring (bicyclic) bond motifs is 1. The van der Waals surface area contributed by atoms with Gasteiger partial charge in [0.2, 0.25) is 5.91 Å². The van der Waals surface area contributed by atoms with Gasteiger partial charge >= 0.3 is 0 Å². The van der Waals surface area contributed by atoms with Crippen molar-refractivity contribution in [1.82, 2.24) is 14.5 Å². The summed E-state index contributed by atoms with van der Waals surface area (Å²) in [6.45, 7) is 4.11. The highest BCUT2D eigenvalue weighted by atomic mass is 16.5. The number of imidazole rings is 1. The van der Waals surface area contributed by atoms with E-state index in [4.69, 9.17) is 9.47 Å². The van der Waals surface area contributed by atoms with Crippen molar-refractivity contribution in [2.45, 2.75) is 57.4 Å². The van der Waals surface area contributed by atoms with Gasteiger partial charge in [-0.25, -0.2) is 4.98 Å². The highest BCUT2D eigenvalue weighted by Crippen LogP contribution is 2.39. The van der Waals surface area contributed by atoms with Crippen molar-refractivity contribution in [1.29, 1.82) is 0 Å². The van der Waals surface area contributed by atoms with Crippen LogP contribution in [-0.2, 0) is 27.4 Å². The quantitative estimate of drug-likeness (QED) is 0.833. The van der Waals surface area contributed by atoms with Crippen LogP contribution in [0.15, 0.2) is 6.20 Å². The van der Waals surface area contributed by atoms with Crippen molar-refractivity contribution in [3.8, 4) is 0 Å². The summed E-state index contributed by atoms with van der Waals surface area (Å²) < 4.78 is 13.0. The molecule has 1 aromatic rings. The molecule has 0 bridgehead atoms. The zero-order valence-electron chi connectivity index (χ0n) is 13.7. The molecule has 1 atom stereocenters. The van der Waals surface area contributed by atoms with Crippen molar-refractivity contribution < 1.29 is 14.3 Å². The molecule has 22 heavy (non-hydrogen) atoms. The predicted molar refractivity (Wildman–Crippen MR) is 81.3 cm³/mol. The second-order valence-corrected chi connectivity index (χ2v) is 6.37. The summed E-state index contributed by atoms with van der Waals surface area (Å²) in [5.74, 6) is 1.13. The average Bonchev–Trinajstić information content (AvgIpc) is 2.88. The molecular formula is C16H25N3O3. The van der Waals surface area contributed by atoms with E-state index < -0.39 is 0 Å². The molecule has 0 saturated heterocycles. The van der Waals surface area contributed by atoms with Crippen LogP contribution in [0.25, 0.3) is 0 Å². The molecule has 1 amide bonds. The number of nitrogens with zero attached hydrogens (tertiary/aromatic N) is 3. The van der Waals surface area contributed by atoms with Crippen LogP contribution in [0, 0.1) is 0 Å². The van der Waals surface area contributed by atoms with E-state index in [0.29, 0.717) is 13.0 Å². The van der Waals surface area contributed by atoms with Gasteiger partial charge in [0, 0.05) is 27.3 Å². The number of amides is 1. The summed E-state index contributed by atoms with van der Waals surface area (Å²) in [4.78, 5) is 19.1. The summed E-state index contributed by atoms with van der Waals surface area (Å²) in [6, 6.07) is 0.000777. The van der Waals surface area contributed by atoms with Gasteiger partial charge in [-0.15, -0.1) is 0 Å². The Morgan fingerprint density at radius 3 is 2.77 bits per heavy atom. The maximum absolute atomic E-state index is 12.7. The standard InChI is InChI=1S/C16H25N3O3/c1-12-15-17-10-13(11-21-2)19(15)8-7-18(12)14(20)9-16(22-3)5-4-6-16/h10,12H,4-9,11H2,1-3H3. The van der Waals surface area contributed by atoms with E-state index in [-0.39, 0.29) is 17.6 Å². The van der Waals surface area contributed by atoms with Gasteiger partial charge in [0.05, 0.1) is 36.6 Å². The van der Waals surface area contributed by atoms with Gasteiger partial charge in [-0.05, 0) is 26.2 Å². The normalized spacial score (nSPS) is 23.0. The minimum Gasteiger partial charge on any atom is -0.378 e. The number of rotatable bonds is 5. The first-order valence-corrected chi connectivity index (χ1v) is 7.98. The summed E-state index contributed by atoms with van der Waals surface area (Å²) in [5, 5.41) is 0. The third kappa shape index (κ3) is 2.54. The fraction of sp³-hybridized carbons (Fsp3) is 0.750. The topological polar surface area (TPSA) is 56.6 Å². The van der Waals surface area contributed by atoms with Crippen molar-refractivity contribution in [3.63, 3.8) is 0 Å². The Kier molecular flexibility index (Phi) is 4.23. The number of aromatic nitrogens is 2. The number of ether oxygens (including phenoxy) is 2. The van der Waals surface area contributed by atoms with E-state index in [1.165, 1.54) is 0 Å². The molecule has 6 nitrogen and oxygen atoms in total. The molecule has 0 N–H and O–H groups in total. The minimum atomic E-state index is -0.217. The first-order valence-electron chi connectivity index (χ1n) is 7.98. The largest absolute Gasteiger partial charge is 0.378 e. The van der Waals surface area contributed by atoms with Crippen molar-refractivity contribution >= 4 is 5.91 Å². The summed E-state index contributed by atoms with van der Waals surface area (Å²) >= 11 is 0. The Hall–Kier alpha value is -1.40. The molecule has 6 heteroatoms. The van der Waals surface area contributed by atoms with Gasteiger partial charge in [-0.2, -0.15) is 0 Å². The molecule has 1 unspecified atom stereocenters. The molecule has 1 fully saturated rings. The second-order valence-electron chi connectivity index (χ2n) is 6.37. The van der Waals surface area contributed by atoms with E-state index in [0.717, 1.165) is 43.9 Å². The Morgan fingerprint density at radius 2 is 2.18 bits per heavy atom. The molecule has 122 valence electrons. The smallest absolute Gasteiger partial charge is 0.226 e. The van der Waals surface area contributed by atoms with Crippen LogP contribution < -0.4 is 0 Å². The molecule has 1 aliphatic carbocycles. The number of carbonyl (C=O) groups excluding carboxylic acids is 1. The van der Waals surface area contributed by atoms with Gasteiger partial charge in [0.25, 0.3) is 0 Å². The van der Waals surface area contributed by atoms with Crippen LogP contribution in [0.4, 0.5) is 0 Å². The molecule has 0 spiro atoms. The number of carbonyl (C=O) groups is 1. The van der Waals surface area contributed by atoms with Crippen LogP contribution in [0.1, 0.15) is 50.2 Å². The lowest BCUT2D eigenvalue weighted by molar-refractivity contribution is -0.147. The maximum Gasteiger partial charge on any atom is 0.226 e. The van der Waals surface area contributed by atoms with Gasteiger partial charge in [-0.3, -0.25) is 4.79 Å². The predicted octanol–water partition coefficient (Wildman–Crippen LogP) is 1.89. The van der Waals surface area contributed by atoms with Crippen LogP contribution >= 0.6 is 0 Å². The molecule has 2 heterocycles. The third-order valence-corrected chi connectivity index (χ3v) is 5.16. The Bertz CT molecular complexity index is 545. The Morgan fingerprint density at radius 1 is 1.41 bits per heavy atom. The summed E-state index contributed by atoms with van der Waals surface area (Å²) in [7, 11) is 3.40. The van der Waals surface area contributed by atoms with Gasteiger partial charge in [-0.1, -0.05) is 0 Å². The summed E-state index contributed by atoms with van der Waals surface area (Å²) in [6.07, 6.45) is 5.47. The highest BCUT2D eigenvalue weighted by Gasteiger charge is 2.41. The Balaban J connectivity index is 1.72. The van der Waals surface area contributed by atoms with E-state index in [2.05, 4.69) is 9.55 Å². The van der Waals surface area contributed by atoms with Crippen LogP contribution in [0.3, 0.4) is 0 Å². The lowest BCUT2D eigenvalue weighted by atomic mass is 9.77. The molecule has 1 aliphatic heterocycles. The van der Waals surface area contributed by atoms with Crippen LogP contribution in [-0.4, -0.2) is 46.7 Å². The van der Waals surface area contributed by atoms with E-state index >= 15 is 0 Å². The van der Waals surface area contributed by atoms with E-state index in [1.54, 1.807) is 14.2 Å². The van der Waals surface area contributed by atoms with Crippen molar-refractivity contribution in [3.05, 3.63) is 17.7 Å². The van der Waals surface area contributed by atoms with Gasteiger partial charge in [0.1, 0.15) is 5.82 Å². The second kappa shape index (κ2) is 6.01. The van der Waals surface area contributed by atoms with Crippen molar-refractivity contribution in [2.24, 2.45) is 0 Å². The number of hydrogen-bond acceptors (Lipinski definition) is 4. The molecule has 1 saturated carbocycles. The first kappa shape index (κ1) is 15.5. The number of hydrogen-bond donors (Lipinski definition) is 0. The van der Waals surface area contributed by atoms with E-state index in [1.807, 2.05) is 18.0 Å². The number of methoxy groups -OCH3 is 2. The SMILES string of the molecule is COCc1cnc2n1CCN(C(=O)CC1(OC)CCC1)C2C. The van der Waals surface area contributed by atoms with Gasteiger partial charge < -0.3 is 18.9 Å². The summed E-state index contributed by atoms with van der Waals surface area (Å²) in [5.41, 5.74) is 0.856. The monoisotopic (exact) mass is 307 g/mol. The Labute approximate surface area is 131 Å².